The number of carbonyl (C=O) groups is 1. The number of hydrogen-bond donors (Lipinski definition) is 2. The number of carbonyl (C=O) groups excluding carboxylic acids is 1. The van der Waals surface area contributed by atoms with E-state index in [0.717, 1.165) is 37.3 Å². The Bertz CT molecular complexity index is 387. The van der Waals surface area contributed by atoms with E-state index < -0.39 is 0 Å². The summed E-state index contributed by atoms with van der Waals surface area (Å²) in [4.78, 5) is 15.8. The van der Waals surface area contributed by atoms with Gasteiger partial charge < -0.3 is 5.32 Å². The Morgan fingerprint density at radius 1 is 1.12 bits per heavy atom. The van der Waals surface area contributed by atoms with E-state index in [2.05, 4.69) is 15.6 Å². The average Bonchev–Trinajstić information content (AvgIpc) is 2.31. The van der Waals surface area contributed by atoms with Gasteiger partial charge in [-0.2, -0.15) is 0 Å². The number of aliphatic imine (C=N–C) groups is 1. The van der Waals surface area contributed by atoms with Gasteiger partial charge in [-0.25, -0.2) is 4.79 Å². The summed E-state index contributed by atoms with van der Waals surface area (Å²) in [6, 6.07) is 9.16. The quantitative estimate of drug-likeness (QED) is 0.745. The summed E-state index contributed by atoms with van der Waals surface area (Å²) in [5.74, 6) is 0.791. The number of amidine groups is 1. The molecule has 0 spiro atoms. The largest absolute Gasteiger partial charge is 0.324 e. The first-order valence-corrected chi connectivity index (χ1v) is 5.51. The van der Waals surface area contributed by atoms with Gasteiger partial charge in [0.2, 0.25) is 0 Å². The van der Waals surface area contributed by atoms with Gasteiger partial charge in [0.05, 0.1) is 0 Å². The van der Waals surface area contributed by atoms with Crippen LogP contribution in [0.3, 0.4) is 0 Å². The lowest BCUT2D eigenvalue weighted by Gasteiger charge is -2.13. The Hall–Kier alpha value is -1.84. The number of rotatable bonds is 1. The Labute approximate surface area is 94.8 Å². The van der Waals surface area contributed by atoms with Crippen LogP contribution in [-0.2, 0) is 0 Å². The zero-order valence-electron chi connectivity index (χ0n) is 9.07. The van der Waals surface area contributed by atoms with E-state index in [1.165, 1.54) is 0 Å². The van der Waals surface area contributed by atoms with E-state index in [-0.39, 0.29) is 6.03 Å². The minimum atomic E-state index is -0.216. The molecule has 0 unspecified atom stereocenters. The van der Waals surface area contributed by atoms with Gasteiger partial charge in [-0.15, -0.1) is 0 Å². The topological polar surface area (TPSA) is 53.5 Å². The first-order valence-electron chi connectivity index (χ1n) is 5.51. The van der Waals surface area contributed by atoms with Gasteiger partial charge in [0.25, 0.3) is 0 Å². The summed E-state index contributed by atoms with van der Waals surface area (Å²) >= 11 is 0. The van der Waals surface area contributed by atoms with Gasteiger partial charge in [0, 0.05) is 18.7 Å². The molecule has 4 nitrogen and oxygen atoms in total. The first-order chi connectivity index (χ1) is 7.84. The first kappa shape index (κ1) is 10.7. The molecule has 0 aromatic heterocycles. The van der Waals surface area contributed by atoms with E-state index >= 15 is 0 Å². The third-order valence-electron chi connectivity index (χ3n) is 2.41. The molecule has 16 heavy (non-hydrogen) atoms. The van der Waals surface area contributed by atoms with Gasteiger partial charge in [-0.05, 0) is 25.0 Å². The van der Waals surface area contributed by atoms with Crippen molar-refractivity contribution in [2.75, 3.05) is 11.9 Å². The van der Waals surface area contributed by atoms with Gasteiger partial charge in [-0.3, -0.25) is 10.3 Å². The Morgan fingerprint density at radius 3 is 2.62 bits per heavy atom. The van der Waals surface area contributed by atoms with Crippen LogP contribution in [0.1, 0.15) is 19.3 Å². The highest BCUT2D eigenvalue weighted by molar-refractivity contribution is 6.03. The van der Waals surface area contributed by atoms with Crippen LogP contribution in [0.5, 0.6) is 0 Å². The highest BCUT2D eigenvalue weighted by atomic mass is 16.2. The second-order valence-electron chi connectivity index (χ2n) is 3.73. The molecule has 1 aliphatic heterocycles. The molecule has 0 radical (unpaired) electrons. The smallest absolute Gasteiger partial charge is 0.308 e. The maximum atomic E-state index is 11.6. The minimum Gasteiger partial charge on any atom is -0.308 e. The molecule has 4 heteroatoms. The third kappa shape index (κ3) is 3.08. The molecule has 0 aliphatic carbocycles. The van der Waals surface area contributed by atoms with Crippen molar-refractivity contribution in [3.63, 3.8) is 0 Å². The summed E-state index contributed by atoms with van der Waals surface area (Å²) in [6.07, 6.45) is 3.08. The number of nitrogens with zero attached hydrogens (tertiary/aromatic N) is 1. The van der Waals surface area contributed by atoms with E-state index in [1.807, 2.05) is 30.3 Å². The van der Waals surface area contributed by atoms with E-state index in [1.54, 1.807) is 0 Å². The van der Waals surface area contributed by atoms with Crippen molar-refractivity contribution in [3.05, 3.63) is 30.3 Å². The standard InChI is InChI=1S/C12H15N3O/c16-12(14-10-6-2-1-3-7-10)15-11-8-4-5-9-13-11/h1-3,6-7H,4-5,8-9H2,(H2,13,14,15,16). The molecular weight excluding hydrogens is 202 g/mol. The highest BCUT2D eigenvalue weighted by Crippen LogP contribution is 2.06. The minimum absolute atomic E-state index is 0.216. The fourth-order valence-electron chi connectivity index (χ4n) is 1.61. The van der Waals surface area contributed by atoms with Crippen molar-refractivity contribution in [1.82, 2.24) is 5.32 Å². The molecule has 2 amide bonds. The lowest BCUT2D eigenvalue weighted by atomic mass is 10.2. The van der Waals surface area contributed by atoms with Gasteiger partial charge in [0.1, 0.15) is 5.84 Å². The van der Waals surface area contributed by atoms with Crippen molar-refractivity contribution in [1.29, 1.82) is 0 Å². The van der Waals surface area contributed by atoms with Gasteiger partial charge >= 0.3 is 6.03 Å². The van der Waals surface area contributed by atoms with E-state index in [4.69, 9.17) is 0 Å². The molecular formula is C12H15N3O. The summed E-state index contributed by atoms with van der Waals surface area (Å²) in [6.45, 7) is 0.820. The lowest BCUT2D eigenvalue weighted by Crippen LogP contribution is -2.35. The number of hydrogen-bond acceptors (Lipinski definition) is 2. The van der Waals surface area contributed by atoms with Crippen molar-refractivity contribution < 1.29 is 4.79 Å². The van der Waals surface area contributed by atoms with E-state index in [9.17, 15) is 4.79 Å². The number of urea groups is 1. The number of para-hydroxylation sites is 1. The Kier molecular flexibility index (Phi) is 3.53. The van der Waals surface area contributed by atoms with Crippen LogP contribution >= 0.6 is 0 Å². The zero-order chi connectivity index (χ0) is 11.2. The van der Waals surface area contributed by atoms with E-state index in [0.29, 0.717) is 0 Å². The molecule has 1 aromatic rings. The second-order valence-corrected chi connectivity index (χ2v) is 3.73. The SMILES string of the molecule is O=C(NC1=NCCCC1)Nc1ccccc1. The van der Waals surface area contributed by atoms with Crippen LogP contribution in [0.25, 0.3) is 0 Å². The maximum absolute atomic E-state index is 11.6. The summed E-state index contributed by atoms with van der Waals surface area (Å²) in [5, 5.41) is 5.53. The fourth-order valence-corrected chi connectivity index (χ4v) is 1.61. The Morgan fingerprint density at radius 2 is 1.94 bits per heavy atom. The van der Waals surface area contributed by atoms with Gasteiger partial charge in [-0.1, -0.05) is 18.2 Å². The molecule has 0 bridgehead atoms. The number of anilines is 1. The number of benzene rings is 1. The highest BCUT2D eigenvalue weighted by Gasteiger charge is 2.08. The fraction of sp³-hybridized carbons (Fsp3) is 0.333. The number of amides is 2. The van der Waals surface area contributed by atoms with Crippen LogP contribution in [0.2, 0.25) is 0 Å². The van der Waals surface area contributed by atoms with Crippen LogP contribution in [0.4, 0.5) is 10.5 Å². The third-order valence-corrected chi connectivity index (χ3v) is 2.41. The molecule has 0 fully saturated rings. The summed E-state index contributed by atoms with van der Waals surface area (Å²) in [7, 11) is 0. The molecule has 2 N–H and O–H groups in total. The van der Waals surface area contributed by atoms with Crippen LogP contribution in [0.15, 0.2) is 35.3 Å². The molecule has 1 heterocycles. The Balaban J connectivity index is 1.87. The second kappa shape index (κ2) is 5.30. The zero-order valence-corrected chi connectivity index (χ0v) is 9.07. The molecule has 84 valence electrons. The summed E-state index contributed by atoms with van der Waals surface area (Å²) < 4.78 is 0. The van der Waals surface area contributed by atoms with Crippen molar-refractivity contribution in [2.24, 2.45) is 4.99 Å². The molecule has 1 aliphatic rings. The van der Waals surface area contributed by atoms with Crippen molar-refractivity contribution >= 4 is 17.6 Å². The monoisotopic (exact) mass is 217 g/mol. The molecule has 2 rings (SSSR count). The average molecular weight is 217 g/mol. The van der Waals surface area contributed by atoms with Crippen LogP contribution < -0.4 is 10.6 Å². The lowest BCUT2D eigenvalue weighted by molar-refractivity contribution is 0.256. The van der Waals surface area contributed by atoms with Crippen molar-refractivity contribution in [3.8, 4) is 0 Å². The predicted octanol–water partition coefficient (Wildman–Crippen LogP) is 2.39. The molecule has 1 aromatic carbocycles. The van der Waals surface area contributed by atoms with Crippen LogP contribution in [-0.4, -0.2) is 18.4 Å². The van der Waals surface area contributed by atoms with Crippen LogP contribution in [0, 0.1) is 0 Å². The predicted molar refractivity (Wildman–Crippen MR) is 64.7 cm³/mol. The van der Waals surface area contributed by atoms with Gasteiger partial charge in [0.15, 0.2) is 0 Å². The maximum Gasteiger partial charge on any atom is 0.324 e. The molecule has 0 saturated carbocycles. The number of nitrogens with one attached hydrogen (secondary N) is 2. The normalized spacial score (nSPS) is 15.1. The summed E-state index contributed by atoms with van der Waals surface area (Å²) in [5.41, 5.74) is 0.788. The molecule has 0 saturated heterocycles. The molecule has 0 atom stereocenters. The van der Waals surface area contributed by atoms with Crippen molar-refractivity contribution in [2.45, 2.75) is 19.3 Å².